The van der Waals surface area contributed by atoms with Crippen LogP contribution in [0.2, 0.25) is 0 Å². The molecule has 2 aliphatic carbocycles. The molecule has 0 radical (unpaired) electrons. The molecular weight excluding hydrogens is 152 g/mol. The molecule has 2 aliphatic rings. The largest absolute Gasteiger partial charge is 0.176 e. The Morgan fingerprint density at radius 1 is 1.27 bits per heavy atom. The van der Waals surface area contributed by atoms with E-state index in [1.54, 1.807) is 11.1 Å². The van der Waals surface area contributed by atoms with Crippen LogP contribution in [-0.4, -0.2) is 5.25 Å². The summed E-state index contributed by atoms with van der Waals surface area (Å²) in [6, 6.07) is 0. The Balaban J connectivity index is 2.19. The maximum Gasteiger partial charge on any atom is 0.00513 e. The molecule has 0 spiro atoms. The first-order valence-electron chi connectivity index (χ1n) is 4.63. The van der Waals surface area contributed by atoms with Crippen LogP contribution in [0.25, 0.3) is 0 Å². The minimum Gasteiger partial charge on any atom is -0.176 e. The van der Waals surface area contributed by atoms with Crippen LogP contribution in [0.3, 0.4) is 0 Å². The van der Waals surface area contributed by atoms with E-state index < -0.39 is 0 Å². The molecule has 0 aliphatic heterocycles. The van der Waals surface area contributed by atoms with Crippen LogP contribution in [0, 0.1) is 5.92 Å². The summed E-state index contributed by atoms with van der Waals surface area (Å²) >= 11 is 4.62. The number of fused-ring (bicyclic) bond motifs is 2. The highest BCUT2D eigenvalue weighted by atomic mass is 32.1. The van der Waals surface area contributed by atoms with Crippen LogP contribution in [0.1, 0.15) is 39.0 Å². The zero-order chi connectivity index (χ0) is 7.84. The van der Waals surface area contributed by atoms with E-state index in [-0.39, 0.29) is 0 Å². The van der Waals surface area contributed by atoms with Gasteiger partial charge in [0.1, 0.15) is 0 Å². The molecule has 0 saturated heterocycles. The molecule has 0 aromatic carbocycles. The quantitative estimate of drug-likeness (QED) is 0.417. The van der Waals surface area contributed by atoms with E-state index in [4.69, 9.17) is 0 Å². The van der Waals surface area contributed by atoms with Gasteiger partial charge in [-0.15, -0.1) is 0 Å². The number of allylic oxidation sites excluding steroid dienone is 2. The molecule has 1 saturated carbocycles. The van der Waals surface area contributed by atoms with Crippen LogP contribution in [0.4, 0.5) is 0 Å². The molecule has 0 N–H and O–H groups in total. The van der Waals surface area contributed by atoms with Gasteiger partial charge in [-0.1, -0.05) is 11.1 Å². The van der Waals surface area contributed by atoms with Crippen LogP contribution >= 0.6 is 12.6 Å². The Morgan fingerprint density at radius 3 is 2.91 bits per heavy atom. The average Bonchev–Trinajstić information content (AvgIpc) is 2.02. The molecular formula is C10H16S. The Bertz CT molecular complexity index is 193. The van der Waals surface area contributed by atoms with Gasteiger partial charge in [0, 0.05) is 5.25 Å². The summed E-state index contributed by atoms with van der Waals surface area (Å²) in [7, 11) is 0. The Kier molecular flexibility index (Phi) is 2.00. The standard InChI is InChI=1S/C10H16S/c1-7-2-3-9-6-8(7)4-5-10(9)11/h9-11H,2-6H2,1H3/t9?,10-/m1/s1. The lowest BCUT2D eigenvalue weighted by molar-refractivity contribution is 0.381. The number of hydrogen-bond acceptors (Lipinski definition) is 1. The van der Waals surface area contributed by atoms with Crippen molar-refractivity contribution in [3.8, 4) is 0 Å². The third kappa shape index (κ3) is 1.35. The monoisotopic (exact) mass is 168 g/mol. The molecule has 2 atom stereocenters. The van der Waals surface area contributed by atoms with Gasteiger partial charge in [0.2, 0.25) is 0 Å². The summed E-state index contributed by atoms with van der Waals surface area (Å²) < 4.78 is 0. The number of rotatable bonds is 0. The summed E-state index contributed by atoms with van der Waals surface area (Å²) in [5, 5.41) is 0.701. The third-order valence-corrected chi connectivity index (χ3v) is 3.97. The molecule has 11 heavy (non-hydrogen) atoms. The minimum absolute atomic E-state index is 0.701. The first kappa shape index (κ1) is 7.72. The van der Waals surface area contributed by atoms with E-state index in [2.05, 4.69) is 19.6 Å². The van der Waals surface area contributed by atoms with E-state index in [0.717, 1.165) is 5.92 Å². The van der Waals surface area contributed by atoms with Gasteiger partial charge in [-0.25, -0.2) is 0 Å². The first-order valence-corrected chi connectivity index (χ1v) is 5.14. The highest BCUT2D eigenvalue weighted by Crippen LogP contribution is 2.41. The van der Waals surface area contributed by atoms with Crippen molar-refractivity contribution in [3.05, 3.63) is 11.1 Å². The second-order valence-electron chi connectivity index (χ2n) is 3.99. The second-order valence-corrected chi connectivity index (χ2v) is 4.66. The fourth-order valence-electron chi connectivity index (χ4n) is 2.37. The van der Waals surface area contributed by atoms with Crippen molar-refractivity contribution < 1.29 is 0 Å². The van der Waals surface area contributed by atoms with Crippen molar-refractivity contribution >= 4 is 12.6 Å². The smallest absolute Gasteiger partial charge is 0.00513 e. The van der Waals surface area contributed by atoms with E-state index in [1.165, 1.54) is 32.1 Å². The molecule has 0 amide bonds. The van der Waals surface area contributed by atoms with E-state index in [0.29, 0.717) is 5.25 Å². The van der Waals surface area contributed by atoms with Gasteiger partial charge < -0.3 is 0 Å². The zero-order valence-electron chi connectivity index (χ0n) is 7.14. The Morgan fingerprint density at radius 2 is 2.09 bits per heavy atom. The predicted molar refractivity (Wildman–Crippen MR) is 52.0 cm³/mol. The molecule has 0 heterocycles. The van der Waals surface area contributed by atoms with Gasteiger partial charge in [0.15, 0.2) is 0 Å². The van der Waals surface area contributed by atoms with Crippen molar-refractivity contribution in [2.24, 2.45) is 5.92 Å². The predicted octanol–water partition coefficient (Wildman–Crippen LogP) is 3.20. The minimum atomic E-state index is 0.701. The lowest BCUT2D eigenvalue weighted by Crippen LogP contribution is -2.24. The molecule has 1 unspecified atom stereocenters. The van der Waals surface area contributed by atoms with E-state index >= 15 is 0 Å². The summed E-state index contributed by atoms with van der Waals surface area (Å²) in [5.41, 5.74) is 3.44. The molecule has 0 nitrogen and oxygen atoms in total. The Hall–Kier alpha value is 0.0900. The van der Waals surface area contributed by atoms with Crippen molar-refractivity contribution in [1.29, 1.82) is 0 Å². The molecule has 0 aromatic heterocycles. The second kappa shape index (κ2) is 2.85. The van der Waals surface area contributed by atoms with Crippen LogP contribution < -0.4 is 0 Å². The molecule has 1 fully saturated rings. The third-order valence-electron chi connectivity index (χ3n) is 3.29. The van der Waals surface area contributed by atoms with Crippen LogP contribution in [-0.2, 0) is 0 Å². The lowest BCUT2D eigenvalue weighted by atomic mass is 9.75. The normalized spacial score (nSPS) is 37.6. The topological polar surface area (TPSA) is 0 Å². The molecule has 1 heteroatoms. The fourth-order valence-corrected chi connectivity index (χ4v) is 2.76. The lowest BCUT2D eigenvalue weighted by Gasteiger charge is -2.35. The first-order chi connectivity index (χ1) is 5.27. The van der Waals surface area contributed by atoms with Gasteiger partial charge in [-0.2, -0.15) is 12.6 Å². The van der Waals surface area contributed by atoms with Gasteiger partial charge in [0.25, 0.3) is 0 Å². The summed E-state index contributed by atoms with van der Waals surface area (Å²) in [4.78, 5) is 0. The Labute approximate surface area is 74.5 Å². The maximum absolute atomic E-state index is 4.62. The van der Waals surface area contributed by atoms with E-state index in [9.17, 15) is 0 Å². The average molecular weight is 168 g/mol. The number of thiol groups is 1. The highest BCUT2D eigenvalue weighted by molar-refractivity contribution is 7.81. The molecule has 62 valence electrons. The molecule has 2 rings (SSSR count). The van der Waals surface area contributed by atoms with Gasteiger partial charge in [-0.05, 0) is 44.9 Å². The molecule has 2 bridgehead atoms. The van der Waals surface area contributed by atoms with Crippen molar-refractivity contribution in [2.75, 3.05) is 0 Å². The van der Waals surface area contributed by atoms with Crippen LogP contribution in [0.15, 0.2) is 11.1 Å². The molecule has 0 aromatic rings. The summed E-state index contributed by atoms with van der Waals surface area (Å²) in [6.45, 7) is 2.31. The van der Waals surface area contributed by atoms with Crippen molar-refractivity contribution in [3.63, 3.8) is 0 Å². The summed E-state index contributed by atoms with van der Waals surface area (Å²) in [5.74, 6) is 0.908. The summed E-state index contributed by atoms with van der Waals surface area (Å²) in [6.07, 6.45) is 6.75. The number of hydrogen-bond donors (Lipinski definition) is 1. The van der Waals surface area contributed by atoms with Crippen molar-refractivity contribution in [1.82, 2.24) is 0 Å². The van der Waals surface area contributed by atoms with Crippen molar-refractivity contribution in [2.45, 2.75) is 44.3 Å². The van der Waals surface area contributed by atoms with Gasteiger partial charge in [0.05, 0.1) is 0 Å². The zero-order valence-corrected chi connectivity index (χ0v) is 8.03. The SMILES string of the molecule is CC1=C2CC[C@@H](S)C(CC1)C2. The van der Waals surface area contributed by atoms with Gasteiger partial charge >= 0.3 is 0 Å². The van der Waals surface area contributed by atoms with E-state index in [1.807, 2.05) is 0 Å². The highest BCUT2D eigenvalue weighted by Gasteiger charge is 2.28. The fraction of sp³-hybridized carbons (Fsp3) is 0.800. The maximum atomic E-state index is 4.62. The van der Waals surface area contributed by atoms with Crippen LogP contribution in [0.5, 0.6) is 0 Å². The van der Waals surface area contributed by atoms with Gasteiger partial charge in [-0.3, -0.25) is 0 Å².